The number of hydrogen-bond acceptors (Lipinski definition) is 4. The average Bonchev–Trinajstić information content (AvgIpc) is 3.07. The fourth-order valence-electron chi connectivity index (χ4n) is 4.60. The first-order chi connectivity index (χ1) is 13.3. The normalized spacial score (nSPS) is 26.0. The second-order valence-corrected chi connectivity index (χ2v) is 10.4. The third-order valence-electron chi connectivity index (χ3n) is 6.38. The molecule has 4 N–H and O–H groups in total. The van der Waals surface area contributed by atoms with E-state index in [1.54, 1.807) is 0 Å². The van der Waals surface area contributed by atoms with Gasteiger partial charge in [-0.15, -0.1) is 0 Å². The first kappa shape index (κ1) is 23.6. The molecule has 1 aliphatic carbocycles. The van der Waals surface area contributed by atoms with Crippen LogP contribution in [0.15, 0.2) is 0 Å². The maximum atomic E-state index is 13.3. The van der Waals surface area contributed by atoms with Crippen LogP contribution in [-0.2, 0) is 4.79 Å². The van der Waals surface area contributed by atoms with E-state index in [0.717, 1.165) is 44.3 Å². The van der Waals surface area contributed by atoms with Crippen LogP contribution < -0.4 is 16.4 Å². The highest BCUT2D eigenvalue weighted by Gasteiger charge is 2.39. The standard InChI is InChI=1S/C22H42N4OS/c1-5-6-8-16-11-17(12-16)14-24-15-18-9-7-10-26(18)21(27)20(22(2,3)4)25-19(28)13-23/h16-18,20,24H,5-15,23H2,1-4H3,(H,25,28)/t16?,17?,18?,20-/m1/s1. The molecule has 1 amide bonds. The van der Waals surface area contributed by atoms with E-state index in [-0.39, 0.29) is 23.9 Å². The summed E-state index contributed by atoms with van der Waals surface area (Å²) in [5.41, 5.74) is 5.44. The number of rotatable bonds is 10. The summed E-state index contributed by atoms with van der Waals surface area (Å²) >= 11 is 5.26. The minimum atomic E-state index is -0.324. The van der Waals surface area contributed by atoms with E-state index < -0.39 is 0 Å². The van der Waals surface area contributed by atoms with Crippen molar-refractivity contribution in [1.29, 1.82) is 0 Å². The topological polar surface area (TPSA) is 70.4 Å². The number of likely N-dealkylation sites (tertiary alicyclic amines) is 1. The third-order valence-corrected chi connectivity index (χ3v) is 6.66. The number of nitrogens with zero attached hydrogens (tertiary/aromatic N) is 1. The molecule has 0 aromatic heterocycles. The SMILES string of the molecule is CCCCC1CC(CNCC2CCCN2C(=O)[C@@H](NC(=S)CN)C(C)(C)C)C1. The number of carbonyl (C=O) groups is 1. The number of hydrogen-bond donors (Lipinski definition) is 3. The monoisotopic (exact) mass is 410 g/mol. The van der Waals surface area contributed by atoms with Gasteiger partial charge in [0.1, 0.15) is 6.04 Å². The maximum absolute atomic E-state index is 13.3. The molecule has 2 aliphatic rings. The Morgan fingerprint density at radius 1 is 1.25 bits per heavy atom. The van der Waals surface area contributed by atoms with Crippen LogP contribution in [0.5, 0.6) is 0 Å². The minimum absolute atomic E-state index is 0.163. The molecule has 0 radical (unpaired) electrons. The Labute approximate surface area is 177 Å². The number of thiocarbonyl (C=S) groups is 1. The van der Waals surface area contributed by atoms with E-state index in [4.69, 9.17) is 18.0 Å². The van der Waals surface area contributed by atoms with Crippen LogP contribution in [0.1, 0.15) is 72.6 Å². The van der Waals surface area contributed by atoms with Crippen molar-refractivity contribution in [3.8, 4) is 0 Å². The molecule has 0 aromatic rings. The van der Waals surface area contributed by atoms with Gasteiger partial charge in [-0.25, -0.2) is 0 Å². The highest BCUT2D eigenvalue weighted by atomic mass is 32.1. The number of carbonyl (C=O) groups excluding carboxylic acids is 1. The second kappa shape index (κ2) is 10.9. The summed E-state index contributed by atoms with van der Waals surface area (Å²) in [5.74, 6) is 1.95. The molecule has 28 heavy (non-hydrogen) atoms. The van der Waals surface area contributed by atoms with Crippen molar-refractivity contribution < 1.29 is 4.79 Å². The maximum Gasteiger partial charge on any atom is 0.245 e. The fraction of sp³-hybridized carbons (Fsp3) is 0.909. The van der Waals surface area contributed by atoms with Crippen molar-refractivity contribution in [3.05, 3.63) is 0 Å². The molecule has 162 valence electrons. The van der Waals surface area contributed by atoms with Crippen molar-refractivity contribution in [2.24, 2.45) is 23.0 Å². The van der Waals surface area contributed by atoms with Crippen molar-refractivity contribution in [1.82, 2.24) is 15.5 Å². The van der Waals surface area contributed by atoms with Crippen LogP contribution in [0.4, 0.5) is 0 Å². The molecule has 2 fully saturated rings. The van der Waals surface area contributed by atoms with Crippen LogP contribution in [-0.4, -0.2) is 54.1 Å². The van der Waals surface area contributed by atoms with Gasteiger partial charge < -0.3 is 21.3 Å². The summed E-state index contributed by atoms with van der Waals surface area (Å²) in [6.45, 7) is 11.6. The predicted molar refractivity (Wildman–Crippen MR) is 121 cm³/mol. The summed E-state index contributed by atoms with van der Waals surface area (Å²) in [5, 5.41) is 6.87. The third kappa shape index (κ3) is 6.67. The summed E-state index contributed by atoms with van der Waals surface area (Å²) in [7, 11) is 0. The van der Waals surface area contributed by atoms with Crippen molar-refractivity contribution in [2.45, 2.75) is 84.7 Å². The van der Waals surface area contributed by atoms with Crippen LogP contribution in [0.25, 0.3) is 0 Å². The summed E-state index contributed by atoms with van der Waals surface area (Å²) in [4.78, 5) is 15.9. The Hall–Kier alpha value is -0.720. The molecular formula is C22H42N4OS. The second-order valence-electron chi connectivity index (χ2n) is 9.90. The quantitative estimate of drug-likeness (QED) is 0.483. The Morgan fingerprint density at radius 3 is 2.57 bits per heavy atom. The van der Waals surface area contributed by atoms with Gasteiger partial charge in [-0.3, -0.25) is 4.79 Å². The lowest BCUT2D eigenvalue weighted by molar-refractivity contribution is -0.136. The van der Waals surface area contributed by atoms with Crippen molar-refractivity contribution >= 4 is 23.1 Å². The number of amides is 1. The zero-order chi connectivity index (χ0) is 20.7. The lowest BCUT2D eigenvalue weighted by atomic mass is 9.72. The lowest BCUT2D eigenvalue weighted by Crippen LogP contribution is -2.57. The molecule has 1 aliphatic heterocycles. The fourth-order valence-corrected chi connectivity index (χ4v) is 4.71. The van der Waals surface area contributed by atoms with E-state index >= 15 is 0 Å². The molecular weight excluding hydrogens is 368 g/mol. The van der Waals surface area contributed by atoms with Gasteiger partial charge >= 0.3 is 0 Å². The molecule has 2 atom stereocenters. The molecule has 1 saturated heterocycles. The van der Waals surface area contributed by atoms with Crippen LogP contribution in [0, 0.1) is 17.3 Å². The number of nitrogens with two attached hydrogens (primary N) is 1. The number of unbranched alkanes of at least 4 members (excludes halogenated alkanes) is 1. The van der Waals surface area contributed by atoms with E-state index in [0.29, 0.717) is 11.0 Å². The Morgan fingerprint density at radius 2 is 1.96 bits per heavy atom. The molecule has 1 saturated carbocycles. The van der Waals surface area contributed by atoms with Gasteiger partial charge in [0.15, 0.2) is 0 Å². The highest BCUT2D eigenvalue weighted by molar-refractivity contribution is 7.80. The zero-order valence-corrected chi connectivity index (χ0v) is 19.2. The molecule has 2 rings (SSSR count). The van der Waals surface area contributed by atoms with Gasteiger partial charge in [-0.2, -0.15) is 0 Å². The molecule has 0 spiro atoms. The van der Waals surface area contributed by atoms with Gasteiger partial charge in [0, 0.05) is 25.7 Å². The largest absolute Gasteiger partial charge is 0.367 e. The van der Waals surface area contributed by atoms with Crippen molar-refractivity contribution in [2.75, 3.05) is 26.2 Å². The van der Waals surface area contributed by atoms with Gasteiger partial charge in [-0.1, -0.05) is 59.2 Å². The number of nitrogens with one attached hydrogen (secondary N) is 2. The first-order valence-corrected chi connectivity index (χ1v) is 11.7. The molecule has 1 heterocycles. The van der Waals surface area contributed by atoms with E-state index in [1.807, 2.05) is 0 Å². The van der Waals surface area contributed by atoms with Crippen molar-refractivity contribution in [3.63, 3.8) is 0 Å². The molecule has 5 nitrogen and oxygen atoms in total. The highest BCUT2D eigenvalue weighted by Crippen LogP contribution is 2.36. The van der Waals surface area contributed by atoms with E-state index in [1.165, 1.54) is 32.1 Å². The predicted octanol–water partition coefficient (Wildman–Crippen LogP) is 3.07. The summed E-state index contributed by atoms with van der Waals surface area (Å²) < 4.78 is 0. The van der Waals surface area contributed by atoms with E-state index in [9.17, 15) is 4.79 Å². The van der Waals surface area contributed by atoms with Gasteiger partial charge in [0.25, 0.3) is 0 Å². The Kier molecular flexibility index (Phi) is 9.16. The lowest BCUT2D eigenvalue weighted by Gasteiger charge is -2.37. The minimum Gasteiger partial charge on any atom is -0.367 e. The molecule has 0 aromatic carbocycles. The smallest absolute Gasteiger partial charge is 0.245 e. The molecule has 6 heteroatoms. The van der Waals surface area contributed by atoms with Gasteiger partial charge in [0.05, 0.1) is 4.99 Å². The molecule has 1 unspecified atom stereocenters. The molecule has 0 bridgehead atoms. The Bertz CT molecular complexity index is 513. The van der Waals surface area contributed by atoms with Crippen LogP contribution >= 0.6 is 12.2 Å². The summed E-state index contributed by atoms with van der Waals surface area (Å²) in [6, 6.07) is -0.0309. The van der Waals surface area contributed by atoms with Gasteiger partial charge in [0.2, 0.25) is 5.91 Å². The first-order valence-electron chi connectivity index (χ1n) is 11.3. The van der Waals surface area contributed by atoms with Crippen LogP contribution in [0.2, 0.25) is 0 Å². The Balaban J connectivity index is 1.80. The average molecular weight is 411 g/mol. The zero-order valence-electron chi connectivity index (χ0n) is 18.4. The summed E-state index contributed by atoms with van der Waals surface area (Å²) in [6.07, 6.45) is 9.02. The van der Waals surface area contributed by atoms with E-state index in [2.05, 4.69) is 43.2 Å². The van der Waals surface area contributed by atoms with Crippen LogP contribution in [0.3, 0.4) is 0 Å². The van der Waals surface area contributed by atoms with Gasteiger partial charge in [-0.05, 0) is 49.5 Å².